The zero-order valence-electron chi connectivity index (χ0n) is 12.3. The van der Waals surface area contributed by atoms with E-state index >= 15 is 0 Å². The number of likely N-dealkylation sites (tertiary alicyclic amines) is 1. The van der Waals surface area contributed by atoms with Gasteiger partial charge in [0.2, 0.25) is 0 Å². The lowest BCUT2D eigenvalue weighted by Gasteiger charge is -2.35. The number of nitrogens with one attached hydrogen (secondary N) is 1. The van der Waals surface area contributed by atoms with E-state index in [0.717, 1.165) is 17.9 Å². The Morgan fingerprint density at radius 3 is 2.47 bits per heavy atom. The third-order valence-electron chi connectivity index (χ3n) is 5.29. The minimum absolute atomic E-state index is 0.468. The minimum Gasteiger partial charge on any atom is -0.315 e. The highest BCUT2D eigenvalue weighted by molar-refractivity contribution is 5.01. The van der Waals surface area contributed by atoms with Gasteiger partial charge in [-0.2, -0.15) is 0 Å². The Labute approximate surface area is 107 Å². The van der Waals surface area contributed by atoms with Crippen LogP contribution in [0.15, 0.2) is 0 Å². The van der Waals surface area contributed by atoms with Crippen molar-refractivity contribution < 1.29 is 0 Å². The average molecular weight is 238 g/mol. The van der Waals surface area contributed by atoms with E-state index in [-0.39, 0.29) is 0 Å². The molecule has 2 nitrogen and oxygen atoms in total. The Bertz CT molecular complexity index is 260. The van der Waals surface area contributed by atoms with Crippen LogP contribution in [0, 0.1) is 17.3 Å². The molecule has 1 saturated heterocycles. The molecule has 0 radical (unpaired) electrons. The van der Waals surface area contributed by atoms with Gasteiger partial charge >= 0.3 is 0 Å². The molecule has 3 unspecified atom stereocenters. The summed E-state index contributed by atoms with van der Waals surface area (Å²) in [6.45, 7) is 12.2. The quantitative estimate of drug-likeness (QED) is 0.813. The monoisotopic (exact) mass is 238 g/mol. The van der Waals surface area contributed by atoms with Gasteiger partial charge in [0.25, 0.3) is 0 Å². The van der Waals surface area contributed by atoms with Crippen molar-refractivity contribution >= 4 is 0 Å². The second-order valence-corrected chi connectivity index (χ2v) is 7.15. The summed E-state index contributed by atoms with van der Waals surface area (Å²) >= 11 is 0. The molecule has 1 saturated carbocycles. The minimum atomic E-state index is 0.468. The lowest BCUT2D eigenvalue weighted by atomic mass is 9.86. The van der Waals surface area contributed by atoms with Gasteiger partial charge in [-0.05, 0) is 50.1 Å². The molecular weight excluding hydrogens is 208 g/mol. The van der Waals surface area contributed by atoms with Gasteiger partial charge in [-0.15, -0.1) is 0 Å². The maximum absolute atomic E-state index is 3.58. The summed E-state index contributed by atoms with van der Waals surface area (Å²) in [6, 6.07) is 1.45. The Kier molecular flexibility index (Phi) is 3.84. The molecule has 17 heavy (non-hydrogen) atoms. The fraction of sp³-hybridized carbons (Fsp3) is 1.00. The van der Waals surface area contributed by atoms with Gasteiger partial charge in [0.1, 0.15) is 0 Å². The van der Waals surface area contributed by atoms with Crippen LogP contribution in [0.4, 0.5) is 0 Å². The van der Waals surface area contributed by atoms with Crippen molar-refractivity contribution in [3.8, 4) is 0 Å². The molecule has 1 aliphatic carbocycles. The molecule has 1 aliphatic heterocycles. The fourth-order valence-electron chi connectivity index (χ4n) is 4.00. The molecule has 2 heteroatoms. The van der Waals surface area contributed by atoms with Crippen molar-refractivity contribution in [1.29, 1.82) is 0 Å². The summed E-state index contributed by atoms with van der Waals surface area (Å²) in [5.41, 5.74) is 0.468. The lowest BCUT2D eigenvalue weighted by molar-refractivity contribution is 0.168. The predicted octanol–water partition coefficient (Wildman–Crippen LogP) is 2.74. The van der Waals surface area contributed by atoms with Crippen LogP contribution in [0.3, 0.4) is 0 Å². The van der Waals surface area contributed by atoms with Gasteiger partial charge in [-0.3, -0.25) is 4.90 Å². The Morgan fingerprint density at radius 1 is 1.24 bits per heavy atom. The number of rotatable bonds is 3. The highest BCUT2D eigenvalue weighted by Crippen LogP contribution is 2.41. The Balaban J connectivity index is 2.00. The second kappa shape index (κ2) is 4.89. The van der Waals surface area contributed by atoms with Gasteiger partial charge in [-0.1, -0.05) is 27.7 Å². The molecule has 0 spiro atoms. The number of nitrogens with zero attached hydrogens (tertiary/aromatic N) is 1. The van der Waals surface area contributed by atoms with Crippen LogP contribution < -0.4 is 5.32 Å². The van der Waals surface area contributed by atoms with Crippen LogP contribution in [0.1, 0.15) is 47.0 Å². The van der Waals surface area contributed by atoms with Crippen molar-refractivity contribution in [1.82, 2.24) is 10.2 Å². The van der Waals surface area contributed by atoms with Crippen LogP contribution in [-0.4, -0.2) is 37.1 Å². The van der Waals surface area contributed by atoms with E-state index in [1.165, 1.54) is 32.4 Å². The van der Waals surface area contributed by atoms with E-state index in [9.17, 15) is 0 Å². The Hall–Kier alpha value is -0.0800. The number of likely N-dealkylation sites (N-methyl/N-ethyl adjacent to an activating group) is 1. The third kappa shape index (κ3) is 2.53. The van der Waals surface area contributed by atoms with Crippen LogP contribution in [0.2, 0.25) is 0 Å². The summed E-state index contributed by atoms with van der Waals surface area (Å²) < 4.78 is 0. The highest BCUT2D eigenvalue weighted by atomic mass is 15.2. The van der Waals surface area contributed by atoms with Crippen LogP contribution >= 0.6 is 0 Å². The zero-order chi connectivity index (χ0) is 12.6. The van der Waals surface area contributed by atoms with E-state index in [0.29, 0.717) is 11.5 Å². The van der Waals surface area contributed by atoms with Crippen LogP contribution in [-0.2, 0) is 0 Å². The zero-order valence-corrected chi connectivity index (χ0v) is 12.3. The molecule has 2 rings (SSSR count). The molecule has 2 aliphatic rings. The van der Waals surface area contributed by atoms with Crippen LogP contribution in [0.25, 0.3) is 0 Å². The van der Waals surface area contributed by atoms with Crippen molar-refractivity contribution in [2.24, 2.45) is 17.3 Å². The third-order valence-corrected chi connectivity index (χ3v) is 5.29. The summed E-state index contributed by atoms with van der Waals surface area (Å²) in [7, 11) is 2.14. The SMILES string of the molecule is CNC1C(N2CCC(C(C)C)C2)CCC1(C)C. The van der Waals surface area contributed by atoms with Gasteiger partial charge < -0.3 is 5.32 Å². The first-order valence-corrected chi connectivity index (χ1v) is 7.37. The van der Waals surface area contributed by atoms with Gasteiger partial charge in [0.05, 0.1) is 0 Å². The van der Waals surface area contributed by atoms with E-state index < -0.39 is 0 Å². The maximum atomic E-state index is 3.58. The average Bonchev–Trinajstić information content (AvgIpc) is 2.81. The fourth-order valence-corrected chi connectivity index (χ4v) is 4.00. The molecule has 1 N–H and O–H groups in total. The van der Waals surface area contributed by atoms with Gasteiger partial charge in [0.15, 0.2) is 0 Å². The summed E-state index contributed by atoms with van der Waals surface area (Å²) in [4.78, 5) is 2.76. The van der Waals surface area contributed by atoms with Crippen molar-refractivity contribution in [3.05, 3.63) is 0 Å². The molecular formula is C15H30N2. The summed E-state index contributed by atoms with van der Waals surface area (Å²) in [6.07, 6.45) is 4.15. The van der Waals surface area contributed by atoms with Gasteiger partial charge in [-0.25, -0.2) is 0 Å². The topological polar surface area (TPSA) is 15.3 Å². The molecule has 0 amide bonds. The predicted molar refractivity (Wildman–Crippen MR) is 74.2 cm³/mol. The van der Waals surface area contributed by atoms with Crippen molar-refractivity contribution in [2.75, 3.05) is 20.1 Å². The molecule has 2 fully saturated rings. The first-order chi connectivity index (χ1) is 7.95. The summed E-state index contributed by atoms with van der Waals surface area (Å²) in [5, 5.41) is 3.58. The molecule has 0 aromatic heterocycles. The van der Waals surface area contributed by atoms with Gasteiger partial charge in [0, 0.05) is 18.6 Å². The van der Waals surface area contributed by atoms with E-state index in [1.807, 2.05) is 0 Å². The molecule has 100 valence electrons. The van der Waals surface area contributed by atoms with E-state index in [2.05, 4.69) is 45.0 Å². The number of hydrogen-bond acceptors (Lipinski definition) is 2. The molecule has 0 aromatic carbocycles. The highest BCUT2D eigenvalue weighted by Gasteiger charge is 2.45. The second-order valence-electron chi connectivity index (χ2n) is 7.15. The normalized spacial score (nSPS) is 38.1. The van der Waals surface area contributed by atoms with Crippen LogP contribution in [0.5, 0.6) is 0 Å². The van der Waals surface area contributed by atoms with E-state index in [4.69, 9.17) is 0 Å². The summed E-state index contributed by atoms with van der Waals surface area (Å²) in [5.74, 6) is 1.78. The lowest BCUT2D eigenvalue weighted by Crippen LogP contribution is -2.50. The molecule has 3 atom stereocenters. The molecule has 0 bridgehead atoms. The number of hydrogen-bond donors (Lipinski definition) is 1. The first-order valence-electron chi connectivity index (χ1n) is 7.37. The van der Waals surface area contributed by atoms with Crippen molar-refractivity contribution in [2.45, 2.75) is 59.0 Å². The largest absolute Gasteiger partial charge is 0.315 e. The Morgan fingerprint density at radius 2 is 1.94 bits per heavy atom. The molecule has 1 heterocycles. The van der Waals surface area contributed by atoms with E-state index in [1.54, 1.807) is 0 Å². The molecule has 0 aromatic rings. The van der Waals surface area contributed by atoms with Crippen molar-refractivity contribution in [3.63, 3.8) is 0 Å². The smallest absolute Gasteiger partial charge is 0.0271 e. The maximum Gasteiger partial charge on any atom is 0.0271 e. The standard InChI is InChI=1S/C15H30N2/c1-11(2)12-7-9-17(10-12)13-6-8-15(3,4)14(13)16-5/h11-14,16H,6-10H2,1-5H3. The first kappa shape index (κ1) is 13.4.